The lowest BCUT2D eigenvalue weighted by molar-refractivity contribution is -0.130. The molecule has 160 valence electrons. The van der Waals surface area contributed by atoms with E-state index in [0.29, 0.717) is 26.1 Å². The average molecular weight is 410 g/mol. The second kappa shape index (κ2) is 7.41. The summed E-state index contributed by atoms with van der Waals surface area (Å²) in [6, 6.07) is 5.96. The average Bonchev–Trinajstić information content (AvgIpc) is 3.23. The third-order valence-corrected chi connectivity index (χ3v) is 5.58. The zero-order valence-corrected chi connectivity index (χ0v) is 18.5. The summed E-state index contributed by atoms with van der Waals surface area (Å²) in [5.41, 5.74) is 2.35. The molecule has 0 aromatic carbocycles. The van der Waals surface area contributed by atoms with E-state index >= 15 is 0 Å². The maximum Gasteiger partial charge on any atom is 0.224 e. The molecular weight excluding hydrogens is 378 g/mol. The molecule has 0 aliphatic carbocycles. The number of amidine groups is 1. The van der Waals surface area contributed by atoms with Crippen molar-refractivity contribution in [3.63, 3.8) is 0 Å². The summed E-state index contributed by atoms with van der Waals surface area (Å²) in [5.74, 6) is 1.78. The fraction of sp³-hybridized carbons (Fsp3) is 0.545. The van der Waals surface area contributed by atoms with Gasteiger partial charge in [-0.3, -0.25) is 14.5 Å². The SMILES string of the molecule is Cc1cc(C)n(CCC(=O)N2CCC3(C2)Nc2cccnc2NC3=NC(C)(C)C)n1. The summed E-state index contributed by atoms with van der Waals surface area (Å²) < 4.78 is 1.91. The minimum absolute atomic E-state index is 0.147. The number of nitrogens with one attached hydrogen (secondary N) is 2. The molecule has 2 aromatic rings. The molecule has 0 radical (unpaired) electrons. The number of amides is 1. The molecule has 1 fully saturated rings. The van der Waals surface area contributed by atoms with Crippen LogP contribution >= 0.6 is 0 Å². The molecule has 2 aliphatic heterocycles. The number of carbonyl (C=O) groups is 1. The molecular formula is C22H31N7O. The van der Waals surface area contributed by atoms with E-state index < -0.39 is 5.54 Å². The molecule has 4 rings (SSSR count). The van der Waals surface area contributed by atoms with Crippen molar-refractivity contribution < 1.29 is 4.79 Å². The molecule has 1 spiro atoms. The van der Waals surface area contributed by atoms with E-state index in [4.69, 9.17) is 4.99 Å². The highest BCUT2D eigenvalue weighted by Crippen LogP contribution is 2.36. The summed E-state index contributed by atoms with van der Waals surface area (Å²) in [6.45, 7) is 12.1. The first kappa shape index (κ1) is 20.4. The van der Waals surface area contributed by atoms with Crippen molar-refractivity contribution in [1.29, 1.82) is 0 Å². The van der Waals surface area contributed by atoms with Gasteiger partial charge in [0, 0.05) is 31.4 Å². The quantitative estimate of drug-likeness (QED) is 0.814. The van der Waals surface area contributed by atoms with Crippen LogP contribution in [0.1, 0.15) is 45.0 Å². The highest BCUT2D eigenvalue weighted by atomic mass is 16.2. The molecule has 8 nitrogen and oxygen atoms in total. The predicted molar refractivity (Wildman–Crippen MR) is 119 cm³/mol. The van der Waals surface area contributed by atoms with E-state index in [2.05, 4.69) is 41.5 Å². The van der Waals surface area contributed by atoms with Crippen LogP contribution in [0.5, 0.6) is 0 Å². The molecule has 4 heterocycles. The third kappa shape index (κ3) is 4.04. The maximum atomic E-state index is 13.0. The molecule has 1 saturated heterocycles. The molecule has 8 heteroatoms. The van der Waals surface area contributed by atoms with Gasteiger partial charge >= 0.3 is 0 Å². The Morgan fingerprint density at radius 2 is 2.13 bits per heavy atom. The van der Waals surface area contributed by atoms with Crippen LogP contribution in [0.15, 0.2) is 29.4 Å². The number of aliphatic imine (C=N–C) groups is 1. The van der Waals surface area contributed by atoms with Gasteiger partial charge in [-0.2, -0.15) is 5.10 Å². The van der Waals surface area contributed by atoms with Gasteiger partial charge < -0.3 is 15.5 Å². The number of aromatic nitrogens is 3. The lowest BCUT2D eigenvalue weighted by Gasteiger charge is -2.39. The van der Waals surface area contributed by atoms with Gasteiger partial charge in [-0.1, -0.05) is 0 Å². The van der Waals surface area contributed by atoms with Crippen molar-refractivity contribution in [2.75, 3.05) is 23.7 Å². The first-order valence-corrected chi connectivity index (χ1v) is 10.5. The lowest BCUT2D eigenvalue weighted by atomic mass is 9.93. The van der Waals surface area contributed by atoms with E-state index in [1.54, 1.807) is 6.20 Å². The maximum absolute atomic E-state index is 13.0. The van der Waals surface area contributed by atoms with Crippen LogP contribution in [0.3, 0.4) is 0 Å². The Balaban J connectivity index is 1.52. The largest absolute Gasteiger partial charge is 0.368 e. The van der Waals surface area contributed by atoms with Gasteiger partial charge in [0.2, 0.25) is 5.91 Å². The molecule has 1 amide bonds. The first-order chi connectivity index (χ1) is 14.2. The molecule has 2 N–H and O–H groups in total. The monoisotopic (exact) mass is 409 g/mol. The molecule has 30 heavy (non-hydrogen) atoms. The van der Waals surface area contributed by atoms with E-state index in [0.717, 1.165) is 35.1 Å². The number of nitrogens with zero attached hydrogens (tertiary/aromatic N) is 5. The summed E-state index contributed by atoms with van der Waals surface area (Å²) in [7, 11) is 0. The number of carbonyl (C=O) groups excluding carboxylic acids is 1. The number of hydrogen-bond acceptors (Lipinski definition) is 5. The second-order valence-corrected chi connectivity index (χ2v) is 9.33. The number of likely N-dealkylation sites (tertiary alicyclic amines) is 1. The van der Waals surface area contributed by atoms with Gasteiger partial charge in [0.15, 0.2) is 5.82 Å². The molecule has 1 atom stereocenters. The van der Waals surface area contributed by atoms with Crippen LogP contribution in [-0.4, -0.2) is 55.6 Å². The zero-order chi connectivity index (χ0) is 21.5. The Hall–Kier alpha value is -2.90. The predicted octanol–water partition coefficient (Wildman–Crippen LogP) is 2.99. The van der Waals surface area contributed by atoms with Crippen LogP contribution in [0.2, 0.25) is 0 Å². The van der Waals surface area contributed by atoms with Gasteiger partial charge in [0.05, 0.1) is 23.5 Å². The molecule has 2 aromatic heterocycles. The van der Waals surface area contributed by atoms with Crippen LogP contribution < -0.4 is 10.6 Å². The lowest BCUT2D eigenvalue weighted by Crippen LogP contribution is -2.55. The molecule has 0 bridgehead atoms. The Bertz CT molecular complexity index is 988. The Kier molecular flexibility index (Phi) is 5.03. The number of aryl methyl sites for hydroxylation is 3. The number of hydrogen-bond donors (Lipinski definition) is 2. The number of pyridine rings is 1. The fourth-order valence-corrected chi connectivity index (χ4v) is 4.20. The van der Waals surface area contributed by atoms with E-state index in [-0.39, 0.29) is 11.4 Å². The fourth-order valence-electron chi connectivity index (χ4n) is 4.20. The number of anilines is 2. The normalized spacial score (nSPS) is 22.2. The summed E-state index contributed by atoms with van der Waals surface area (Å²) in [6.07, 6.45) is 3.01. The van der Waals surface area contributed by atoms with Gasteiger partial charge in [0.1, 0.15) is 11.4 Å². The van der Waals surface area contributed by atoms with E-state index in [1.165, 1.54) is 0 Å². The first-order valence-electron chi connectivity index (χ1n) is 10.5. The Morgan fingerprint density at radius 3 is 2.83 bits per heavy atom. The van der Waals surface area contributed by atoms with E-state index in [1.807, 2.05) is 41.6 Å². The Labute approximate surface area is 177 Å². The zero-order valence-electron chi connectivity index (χ0n) is 18.5. The molecule has 2 aliphatic rings. The standard InChI is InChI=1S/C22H31N7O/c1-15-13-16(2)29(27-15)11-8-18(30)28-12-9-22(14-28)20(26-21(3,4)5)24-19-17(25-22)7-6-10-23-19/h6-7,10,13,25H,8-9,11-12,14H2,1-5H3,(H,23,24,26). The topological polar surface area (TPSA) is 87.4 Å². The highest BCUT2D eigenvalue weighted by molar-refractivity contribution is 6.09. The van der Waals surface area contributed by atoms with Crippen molar-refractivity contribution in [2.24, 2.45) is 4.99 Å². The minimum Gasteiger partial charge on any atom is -0.368 e. The van der Waals surface area contributed by atoms with Gasteiger partial charge in [-0.25, -0.2) is 4.98 Å². The Morgan fingerprint density at radius 1 is 1.33 bits per heavy atom. The van der Waals surface area contributed by atoms with Crippen LogP contribution in [0.4, 0.5) is 11.5 Å². The van der Waals surface area contributed by atoms with Crippen molar-refractivity contribution >= 4 is 23.2 Å². The van der Waals surface area contributed by atoms with Crippen molar-refractivity contribution in [3.8, 4) is 0 Å². The van der Waals surface area contributed by atoms with Crippen LogP contribution in [0.25, 0.3) is 0 Å². The van der Waals surface area contributed by atoms with Crippen molar-refractivity contribution in [1.82, 2.24) is 19.7 Å². The molecule has 1 unspecified atom stereocenters. The number of rotatable bonds is 3. The molecule has 0 saturated carbocycles. The van der Waals surface area contributed by atoms with E-state index in [9.17, 15) is 4.79 Å². The van der Waals surface area contributed by atoms with Crippen molar-refractivity contribution in [2.45, 2.75) is 65.1 Å². The van der Waals surface area contributed by atoms with Crippen molar-refractivity contribution in [3.05, 3.63) is 35.8 Å². The van der Waals surface area contributed by atoms with Crippen LogP contribution in [0, 0.1) is 13.8 Å². The van der Waals surface area contributed by atoms with Gasteiger partial charge in [0.25, 0.3) is 0 Å². The third-order valence-electron chi connectivity index (χ3n) is 5.58. The minimum atomic E-state index is -0.419. The summed E-state index contributed by atoms with van der Waals surface area (Å²) in [5, 5.41) is 11.6. The van der Waals surface area contributed by atoms with Gasteiger partial charge in [-0.05, 0) is 59.2 Å². The highest BCUT2D eigenvalue weighted by Gasteiger charge is 2.47. The summed E-state index contributed by atoms with van der Waals surface area (Å²) >= 11 is 0. The second-order valence-electron chi connectivity index (χ2n) is 9.33. The summed E-state index contributed by atoms with van der Waals surface area (Å²) in [4.78, 5) is 24.3. The number of fused-ring (bicyclic) bond motifs is 1. The van der Waals surface area contributed by atoms with Gasteiger partial charge in [-0.15, -0.1) is 0 Å². The smallest absolute Gasteiger partial charge is 0.224 e. The van der Waals surface area contributed by atoms with Crippen LogP contribution in [-0.2, 0) is 11.3 Å².